The Labute approximate surface area is 141 Å². The highest BCUT2D eigenvalue weighted by molar-refractivity contribution is 6.20. The maximum atomic E-state index is 12.4. The highest BCUT2D eigenvalue weighted by Gasteiger charge is 2.60. The number of ether oxygens (including phenoxy) is 1. The van der Waals surface area contributed by atoms with Gasteiger partial charge in [0.2, 0.25) is 0 Å². The maximum absolute atomic E-state index is 12.4. The van der Waals surface area contributed by atoms with E-state index in [0.29, 0.717) is 12.8 Å². The Kier molecular flexibility index (Phi) is 4.88. The first-order valence-electron chi connectivity index (χ1n) is 9.00. The number of esters is 2. The van der Waals surface area contributed by atoms with Gasteiger partial charge in [-0.2, -0.15) is 0 Å². The Morgan fingerprint density at radius 3 is 2.50 bits per heavy atom. The smallest absolute Gasteiger partial charge is 0.343 e. The Balaban J connectivity index is 2.16. The minimum atomic E-state index is -1.80. The van der Waals surface area contributed by atoms with E-state index in [0.717, 1.165) is 56.1 Å². The van der Waals surface area contributed by atoms with Crippen molar-refractivity contribution in [3.8, 4) is 0 Å². The number of rotatable bonds is 2. The Morgan fingerprint density at radius 1 is 1.00 bits per heavy atom. The first-order valence-corrected chi connectivity index (χ1v) is 9.00. The number of hydrogen-bond acceptors (Lipinski definition) is 4. The molecule has 1 saturated heterocycles. The summed E-state index contributed by atoms with van der Waals surface area (Å²) < 4.78 is 4.82. The van der Waals surface area contributed by atoms with Crippen LogP contribution in [0.25, 0.3) is 0 Å². The number of carbonyl (C=O) groups excluding carboxylic acids is 2. The zero-order valence-corrected chi connectivity index (χ0v) is 13.9. The van der Waals surface area contributed by atoms with Crippen LogP contribution in [0.15, 0.2) is 22.8 Å². The molecular formula is C19H24O5. The largest absolute Gasteiger partial charge is 0.480 e. The van der Waals surface area contributed by atoms with Crippen molar-refractivity contribution in [2.45, 2.75) is 70.6 Å². The third kappa shape index (κ3) is 2.80. The summed E-state index contributed by atoms with van der Waals surface area (Å²) in [7, 11) is 0. The molecule has 0 radical (unpaired) electrons. The van der Waals surface area contributed by atoms with Crippen LogP contribution in [0.3, 0.4) is 0 Å². The van der Waals surface area contributed by atoms with Gasteiger partial charge >= 0.3 is 17.9 Å². The zero-order valence-electron chi connectivity index (χ0n) is 13.9. The number of fused-ring (bicyclic) bond motifs is 1. The average molecular weight is 332 g/mol. The molecule has 1 heterocycles. The van der Waals surface area contributed by atoms with E-state index in [9.17, 15) is 19.5 Å². The van der Waals surface area contributed by atoms with E-state index in [1.54, 1.807) is 0 Å². The number of aliphatic carboxylic acids is 1. The predicted octanol–water partition coefficient (Wildman–Crippen LogP) is 3.68. The molecule has 24 heavy (non-hydrogen) atoms. The van der Waals surface area contributed by atoms with Crippen molar-refractivity contribution in [1.29, 1.82) is 0 Å². The van der Waals surface area contributed by atoms with Crippen molar-refractivity contribution in [3.63, 3.8) is 0 Å². The summed E-state index contributed by atoms with van der Waals surface area (Å²) in [5.74, 6) is -2.90. The molecule has 130 valence electrons. The van der Waals surface area contributed by atoms with Gasteiger partial charge in [0.1, 0.15) is 0 Å². The third-order valence-electron chi connectivity index (χ3n) is 5.49. The van der Waals surface area contributed by atoms with Crippen LogP contribution in [0.1, 0.15) is 70.6 Å². The van der Waals surface area contributed by atoms with E-state index in [-0.39, 0.29) is 12.0 Å². The summed E-state index contributed by atoms with van der Waals surface area (Å²) in [6.07, 6.45) is 11.6. The van der Waals surface area contributed by atoms with Gasteiger partial charge in [0.25, 0.3) is 0 Å². The van der Waals surface area contributed by atoms with Crippen molar-refractivity contribution >= 4 is 17.9 Å². The zero-order chi connectivity index (χ0) is 17.2. The predicted molar refractivity (Wildman–Crippen MR) is 87.1 cm³/mol. The second-order valence-corrected chi connectivity index (χ2v) is 6.98. The molecular weight excluding hydrogens is 308 g/mol. The van der Waals surface area contributed by atoms with Gasteiger partial charge < -0.3 is 9.84 Å². The standard InChI is InChI=1S/C19H24O5/c20-16-15-14(13-9-5-2-1-3-6-10-13)11-7-4-8-12-19(15,17(21)22)18(23)24-16/h9H,1-8,10-12H2,(H,21,22)/b13-9+,15-14?. The van der Waals surface area contributed by atoms with Crippen LogP contribution in [0, 0.1) is 5.41 Å². The molecule has 0 aromatic heterocycles. The second kappa shape index (κ2) is 6.91. The van der Waals surface area contributed by atoms with E-state index in [1.165, 1.54) is 6.42 Å². The Morgan fingerprint density at radius 2 is 1.71 bits per heavy atom. The molecule has 3 aliphatic rings. The molecule has 1 N–H and O–H groups in total. The lowest BCUT2D eigenvalue weighted by atomic mass is 9.71. The van der Waals surface area contributed by atoms with E-state index in [4.69, 9.17) is 4.74 Å². The SMILES string of the molecule is O=C1OC(=O)C2(C(=O)O)CCCCCC(/C3=C/CCCCCC3)=C12. The number of hydrogen-bond donors (Lipinski definition) is 1. The fraction of sp³-hybridized carbons (Fsp3) is 0.632. The van der Waals surface area contributed by atoms with Crippen LogP contribution in [0.5, 0.6) is 0 Å². The molecule has 0 amide bonds. The van der Waals surface area contributed by atoms with Crippen molar-refractivity contribution < 1.29 is 24.2 Å². The number of carboxylic acid groups (broad SMARTS) is 1. The fourth-order valence-electron chi connectivity index (χ4n) is 4.19. The van der Waals surface area contributed by atoms with Gasteiger partial charge in [-0.1, -0.05) is 31.8 Å². The highest BCUT2D eigenvalue weighted by atomic mass is 16.6. The van der Waals surface area contributed by atoms with Crippen LogP contribution >= 0.6 is 0 Å². The number of carboxylic acids is 1. The summed E-state index contributed by atoms with van der Waals surface area (Å²) in [6.45, 7) is 0. The number of carbonyl (C=O) groups is 3. The maximum Gasteiger partial charge on any atom is 0.343 e. The lowest BCUT2D eigenvalue weighted by molar-refractivity contribution is -0.161. The van der Waals surface area contributed by atoms with Crippen LogP contribution in [0.2, 0.25) is 0 Å². The molecule has 2 aliphatic carbocycles. The third-order valence-corrected chi connectivity index (χ3v) is 5.49. The molecule has 0 saturated carbocycles. The first kappa shape index (κ1) is 16.9. The summed E-state index contributed by atoms with van der Waals surface area (Å²) in [4.78, 5) is 36.8. The summed E-state index contributed by atoms with van der Waals surface area (Å²) in [5, 5.41) is 9.81. The van der Waals surface area contributed by atoms with E-state index in [2.05, 4.69) is 6.08 Å². The van der Waals surface area contributed by atoms with E-state index < -0.39 is 23.3 Å². The normalized spacial score (nSPS) is 31.1. The van der Waals surface area contributed by atoms with Crippen molar-refractivity contribution in [2.75, 3.05) is 0 Å². The molecule has 5 heteroatoms. The van der Waals surface area contributed by atoms with Gasteiger partial charge in [0.15, 0.2) is 5.41 Å². The molecule has 1 atom stereocenters. The summed E-state index contributed by atoms with van der Waals surface area (Å²) in [5.41, 5.74) is 0.154. The van der Waals surface area contributed by atoms with Crippen LogP contribution in [0.4, 0.5) is 0 Å². The average Bonchev–Trinajstić information content (AvgIpc) is 2.71. The molecule has 0 aromatic rings. The summed E-state index contributed by atoms with van der Waals surface area (Å²) in [6, 6.07) is 0. The fourth-order valence-corrected chi connectivity index (χ4v) is 4.19. The molecule has 0 aromatic carbocycles. The van der Waals surface area contributed by atoms with Gasteiger partial charge in [-0.05, 0) is 56.1 Å². The molecule has 0 spiro atoms. The topological polar surface area (TPSA) is 80.7 Å². The minimum absolute atomic E-state index is 0.117. The number of cyclic esters (lactones) is 2. The van der Waals surface area contributed by atoms with Gasteiger partial charge in [0, 0.05) is 0 Å². The minimum Gasteiger partial charge on any atom is -0.480 e. The monoisotopic (exact) mass is 332 g/mol. The van der Waals surface area contributed by atoms with Crippen molar-refractivity contribution in [2.24, 2.45) is 5.41 Å². The van der Waals surface area contributed by atoms with Gasteiger partial charge in [-0.15, -0.1) is 0 Å². The molecule has 0 bridgehead atoms. The number of allylic oxidation sites excluding steroid dienone is 3. The van der Waals surface area contributed by atoms with Crippen LogP contribution < -0.4 is 0 Å². The quantitative estimate of drug-likeness (QED) is 0.616. The first-order chi connectivity index (χ1) is 11.6. The molecule has 1 aliphatic heterocycles. The lowest BCUT2D eigenvalue weighted by Crippen LogP contribution is -2.38. The molecule has 1 fully saturated rings. The summed E-state index contributed by atoms with van der Waals surface area (Å²) >= 11 is 0. The highest BCUT2D eigenvalue weighted by Crippen LogP contribution is 2.47. The Bertz CT molecular complexity index is 628. The van der Waals surface area contributed by atoms with Crippen LogP contribution in [-0.4, -0.2) is 23.0 Å². The van der Waals surface area contributed by atoms with Gasteiger partial charge in [-0.25, -0.2) is 9.59 Å². The second-order valence-electron chi connectivity index (χ2n) is 6.98. The van der Waals surface area contributed by atoms with E-state index >= 15 is 0 Å². The van der Waals surface area contributed by atoms with E-state index in [1.807, 2.05) is 0 Å². The molecule has 1 unspecified atom stereocenters. The lowest BCUT2D eigenvalue weighted by Gasteiger charge is -2.27. The van der Waals surface area contributed by atoms with Crippen molar-refractivity contribution in [3.05, 3.63) is 22.8 Å². The van der Waals surface area contributed by atoms with Gasteiger partial charge in [0.05, 0.1) is 5.57 Å². The van der Waals surface area contributed by atoms with Crippen molar-refractivity contribution in [1.82, 2.24) is 0 Å². The Hall–Kier alpha value is -1.91. The van der Waals surface area contributed by atoms with Crippen LogP contribution in [-0.2, 0) is 19.1 Å². The van der Waals surface area contributed by atoms with Gasteiger partial charge in [-0.3, -0.25) is 4.79 Å². The molecule has 5 nitrogen and oxygen atoms in total. The molecule has 3 rings (SSSR count).